The number of thiophene rings is 3. The minimum absolute atomic E-state index is 1.07. The average molecular weight is 326 g/mol. The Labute approximate surface area is 134 Å². The van der Waals surface area contributed by atoms with E-state index in [1.165, 1.54) is 24.4 Å². The van der Waals surface area contributed by atoms with Crippen molar-refractivity contribution in [1.29, 1.82) is 0 Å². The largest absolute Gasteiger partial charge is 0.244 e. The van der Waals surface area contributed by atoms with E-state index in [9.17, 15) is 0 Å². The number of hydrogen-bond donors (Lipinski definition) is 0. The van der Waals surface area contributed by atoms with E-state index in [0.29, 0.717) is 0 Å². The molecule has 0 spiro atoms. The zero-order chi connectivity index (χ0) is 14.1. The Morgan fingerprint density at radius 2 is 1.29 bits per heavy atom. The lowest BCUT2D eigenvalue weighted by Gasteiger charge is -1.94. The van der Waals surface area contributed by atoms with Gasteiger partial charge in [0, 0.05) is 42.3 Å². The summed E-state index contributed by atoms with van der Waals surface area (Å²) in [6.45, 7) is 0. The van der Waals surface area contributed by atoms with Crippen LogP contribution in [-0.2, 0) is 0 Å². The first-order valence-electron chi connectivity index (χ1n) is 6.39. The van der Waals surface area contributed by atoms with Gasteiger partial charge in [-0.3, -0.25) is 0 Å². The van der Waals surface area contributed by atoms with Crippen molar-refractivity contribution in [2.45, 2.75) is 0 Å². The number of hydrogen-bond acceptors (Lipinski definition) is 5. The molecule has 2 nitrogen and oxygen atoms in total. The minimum atomic E-state index is 1.07. The summed E-state index contributed by atoms with van der Waals surface area (Å²) in [5.74, 6) is 0. The third-order valence-electron chi connectivity index (χ3n) is 3.06. The van der Waals surface area contributed by atoms with Crippen LogP contribution in [0.3, 0.4) is 0 Å². The predicted octanol–water partition coefficient (Wildman–Crippen LogP) is 5.66. The molecule has 0 unspecified atom stereocenters. The highest BCUT2D eigenvalue weighted by Gasteiger charge is 2.09. The fourth-order valence-electron chi connectivity index (χ4n) is 2.07. The molecular weight excluding hydrogens is 316 g/mol. The van der Waals surface area contributed by atoms with Gasteiger partial charge in [0.05, 0.1) is 0 Å². The van der Waals surface area contributed by atoms with Crippen molar-refractivity contribution in [2.24, 2.45) is 0 Å². The van der Waals surface area contributed by atoms with Crippen molar-refractivity contribution >= 4 is 34.0 Å². The number of nitrogens with zero attached hydrogens (tertiary/aromatic N) is 2. The molecule has 0 aliphatic rings. The molecule has 0 aliphatic carbocycles. The van der Waals surface area contributed by atoms with Crippen LogP contribution in [0.2, 0.25) is 0 Å². The summed E-state index contributed by atoms with van der Waals surface area (Å²) >= 11 is 5.41. The van der Waals surface area contributed by atoms with Crippen LogP contribution in [0.25, 0.3) is 29.9 Å². The van der Waals surface area contributed by atoms with Gasteiger partial charge in [0.2, 0.25) is 0 Å². The standard InChI is InChI=1S/C16H10N2S3/c1-2-13(19-7-1)14-5-6-16(21-14)15-4-3-12(20-15)11-8-17-10-18-9-11/h1-10H. The molecule has 4 aromatic heterocycles. The quantitative estimate of drug-likeness (QED) is 0.485. The molecule has 0 aromatic carbocycles. The zero-order valence-electron chi connectivity index (χ0n) is 10.9. The van der Waals surface area contributed by atoms with Crippen LogP contribution in [-0.4, -0.2) is 9.97 Å². The second kappa shape index (κ2) is 5.52. The zero-order valence-corrected chi connectivity index (χ0v) is 13.3. The molecule has 4 rings (SSSR count). The van der Waals surface area contributed by atoms with Crippen molar-refractivity contribution in [3.05, 3.63) is 60.5 Å². The van der Waals surface area contributed by atoms with Gasteiger partial charge in [0.25, 0.3) is 0 Å². The van der Waals surface area contributed by atoms with Crippen molar-refractivity contribution in [3.8, 4) is 29.9 Å². The molecule has 0 saturated carbocycles. The molecule has 4 aromatic rings. The maximum Gasteiger partial charge on any atom is 0.115 e. The van der Waals surface area contributed by atoms with E-state index >= 15 is 0 Å². The van der Waals surface area contributed by atoms with E-state index in [-0.39, 0.29) is 0 Å². The highest BCUT2D eigenvalue weighted by molar-refractivity contribution is 7.27. The lowest BCUT2D eigenvalue weighted by atomic mass is 10.3. The van der Waals surface area contributed by atoms with Crippen molar-refractivity contribution < 1.29 is 0 Å². The van der Waals surface area contributed by atoms with Gasteiger partial charge in [0.1, 0.15) is 6.33 Å². The van der Waals surface area contributed by atoms with Crippen LogP contribution in [0.1, 0.15) is 0 Å². The summed E-state index contributed by atoms with van der Waals surface area (Å²) < 4.78 is 0. The van der Waals surface area contributed by atoms with Crippen LogP contribution in [0, 0.1) is 0 Å². The lowest BCUT2D eigenvalue weighted by Crippen LogP contribution is -1.77. The molecule has 0 radical (unpaired) electrons. The molecule has 21 heavy (non-hydrogen) atoms. The Morgan fingerprint density at radius 3 is 1.95 bits per heavy atom. The molecule has 0 aliphatic heterocycles. The summed E-state index contributed by atoms with van der Waals surface area (Å²) in [7, 11) is 0. The highest BCUT2D eigenvalue weighted by Crippen LogP contribution is 2.40. The van der Waals surface area contributed by atoms with Crippen LogP contribution in [0.5, 0.6) is 0 Å². The summed E-state index contributed by atoms with van der Waals surface area (Å²) in [6.07, 6.45) is 5.27. The third kappa shape index (κ3) is 2.55. The van der Waals surface area contributed by atoms with Crippen molar-refractivity contribution in [2.75, 3.05) is 0 Å². The Morgan fingerprint density at radius 1 is 0.667 bits per heavy atom. The first kappa shape index (κ1) is 12.9. The second-order valence-electron chi connectivity index (χ2n) is 4.43. The summed E-state index contributed by atoms with van der Waals surface area (Å²) in [5, 5.41) is 2.12. The monoisotopic (exact) mass is 326 g/mol. The van der Waals surface area contributed by atoms with E-state index in [4.69, 9.17) is 0 Å². The molecule has 0 fully saturated rings. The summed E-state index contributed by atoms with van der Waals surface area (Å²) in [5.41, 5.74) is 1.07. The third-order valence-corrected chi connectivity index (χ3v) is 6.54. The van der Waals surface area contributed by atoms with E-state index < -0.39 is 0 Å². The Bertz CT molecular complexity index is 845. The number of rotatable bonds is 3. The van der Waals surface area contributed by atoms with Gasteiger partial charge < -0.3 is 0 Å². The van der Waals surface area contributed by atoms with Crippen LogP contribution >= 0.6 is 34.0 Å². The molecule has 102 valence electrons. The maximum absolute atomic E-state index is 4.08. The van der Waals surface area contributed by atoms with Gasteiger partial charge in [-0.25, -0.2) is 9.97 Å². The minimum Gasteiger partial charge on any atom is -0.244 e. The maximum atomic E-state index is 4.08. The Hall–Kier alpha value is -1.82. The van der Waals surface area contributed by atoms with E-state index in [2.05, 4.69) is 51.7 Å². The number of aromatic nitrogens is 2. The van der Waals surface area contributed by atoms with Crippen molar-refractivity contribution in [1.82, 2.24) is 9.97 Å². The van der Waals surface area contributed by atoms with E-state index in [1.807, 2.05) is 23.7 Å². The van der Waals surface area contributed by atoms with Crippen LogP contribution in [0.4, 0.5) is 0 Å². The molecule has 0 atom stereocenters. The van der Waals surface area contributed by atoms with Gasteiger partial charge in [0.15, 0.2) is 0 Å². The molecule has 0 amide bonds. The highest BCUT2D eigenvalue weighted by atomic mass is 32.1. The lowest BCUT2D eigenvalue weighted by molar-refractivity contribution is 1.17. The second-order valence-corrected chi connectivity index (χ2v) is 7.55. The fourth-order valence-corrected chi connectivity index (χ4v) is 4.99. The molecule has 0 bridgehead atoms. The molecule has 0 saturated heterocycles. The average Bonchev–Trinajstić information content (AvgIpc) is 3.27. The van der Waals surface area contributed by atoms with Crippen LogP contribution < -0.4 is 0 Å². The van der Waals surface area contributed by atoms with Crippen molar-refractivity contribution in [3.63, 3.8) is 0 Å². The Balaban J connectivity index is 1.67. The van der Waals surface area contributed by atoms with Crippen LogP contribution in [0.15, 0.2) is 60.5 Å². The van der Waals surface area contributed by atoms with E-state index in [1.54, 1.807) is 29.0 Å². The first-order chi connectivity index (χ1) is 10.4. The van der Waals surface area contributed by atoms with Gasteiger partial charge in [-0.05, 0) is 35.7 Å². The fraction of sp³-hybridized carbons (Fsp3) is 0. The van der Waals surface area contributed by atoms with Gasteiger partial charge in [-0.15, -0.1) is 34.0 Å². The van der Waals surface area contributed by atoms with Gasteiger partial charge in [-0.2, -0.15) is 0 Å². The summed E-state index contributed by atoms with van der Waals surface area (Å²) in [4.78, 5) is 14.6. The predicted molar refractivity (Wildman–Crippen MR) is 92.0 cm³/mol. The SMILES string of the molecule is c1csc(-c2ccc(-c3ccc(-c4cncnc4)s3)s2)c1. The Kier molecular flexibility index (Phi) is 3.39. The molecule has 5 heteroatoms. The molecule has 0 N–H and O–H groups in total. The molecular formula is C16H10N2S3. The van der Waals surface area contributed by atoms with Gasteiger partial charge in [-0.1, -0.05) is 6.07 Å². The topological polar surface area (TPSA) is 25.8 Å². The normalized spacial score (nSPS) is 10.9. The summed E-state index contributed by atoms with van der Waals surface area (Å²) in [6, 6.07) is 13.0. The van der Waals surface area contributed by atoms with Gasteiger partial charge >= 0.3 is 0 Å². The smallest absolute Gasteiger partial charge is 0.115 e. The van der Waals surface area contributed by atoms with E-state index in [0.717, 1.165) is 5.56 Å². The first-order valence-corrected chi connectivity index (χ1v) is 8.91. The molecule has 4 heterocycles.